The van der Waals surface area contributed by atoms with E-state index in [-0.39, 0.29) is 31.1 Å². The summed E-state index contributed by atoms with van der Waals surface area (Å²) in [6.07, 6.45) is 94.9. The van der Waals surface area contributed by atoms with Gasteiger partial charge in [-0.2, -0.15) is 0 Å². The molecule has 6 nitrogen and oxygen atoms in total. The second kappa shape index (κ2) is 68.3. The van der Waals surface area contributed by atoms with Crippen molar-refractivity contribution in [3.05, 3.63) is 122 Å². The maximum absolute atomic E-state index is 12.9. The van der Waals surface area contributed by atoms with E-state index in [1.807, 2.05) is 0 Å². The van der Waals surface area contributed by atoms with Gasteiger partial charge in [0.1, 0.15) is 13.2 Å². The molecule has 0 spiro atoms. The van der Waals surface area contributed by atoms with E-state index < -0.39 is 6.10 Å². The Morgan fingerprint density at radius 3 is 0.753 bits per heavy atom. The van der Waals surface area contributed by atoms with E-state index in [2.05, 4.69) is 142 Å². The van der Waals surface area contributed by atoms with Crippen molar-refractivity contribution in [3.8, 4) is 0 Å². The summed E-state index contributed by atoms with van der Waals surface area (Å²) < 4.78 is 17.0. The fraction of sp³-hybridized carbons (Fsp3) is 0.693. The van der Waals surface area contributed by atoms with Gasteiger partial charge in [0.2, 0.25) is 0 Å². The van der Waals surface area contributed by atoms with Crippen molar-refractivity contribution in [2.75, 3.05) is 13.2 Å². The van der Waals surface area contributed by atoms with Crippen molar-refractivity contribution >= 4 is 17.9 Å². The van der Waals surface area contributed by atoms with Crippen LogP contribution in [0.2, 0.25) is 0 Å². The zero-order valence-electron chi connectivity index (χ0n) is 53.0. The number of allylic oxidation sites excluding steroid dienone is 20. The molecular formula is C75H126O6. The van der Waals surface area contributed by atoms with E-state index in [0.717, 1.165) is 135 Å². The molecule has 0 rings (SSSR count). The zero-order chi connectivity index (χ0) is 58.5. The summed E-state index contributed by atoms with van der Waals surface area (Å²) >= 11 is 0. The molecule has 0 heterocycles. The lowest BCUT2D eigenvalue weighted by atomic mass is 10.0. The molecule has 0 aliphatic rings. The molecule has 0 aliphatic carbocycles. The fourth-order valence-corrected chi connectivity index (χ4v) is 9.40. The maximum Gasteiger partial charge on any atom is 0.306 e. The topological polar surface area (TPSA) is 78.9 Å². The van der Waals surface area contributed by atoms with E-state index in [1.165, 1.54) is 141 Å². The summed E-state index contributed by atoms with van der Waals surface area (Å²) in [7, 11) is 0. The molecule has 0 aromatic carbocycles. The quantitative estimate of drug-likeness (QED) is 0.0261. The van der Waals surface area contributed by atoms with Gasteiger partial charge in [-0.1, -0.05) is 290 Å². The van der Waals surface area contributed by atoms with Crippen LogP contribution < -0.4 is 0 Å². The molecule has 0 aromatic rings. The molecule has 0 saturated carbocycles. The molecule has 1 atom stereocenters. The largest absolute Gasteiger partial charge is 0.462 e. The van der Waals surface area contributed by atoms with Crippen LogP contribution in [0.3, 0.4) is 0 Å². The van der Waals surface area contributed by atoms with Gasteiger partial charge in [0.15, 0.2) is 6.10 Å². The lowest BCUT2D eigenvalue weighted by Crippen LogP contribution is -2.30. The van der Waals surface area contributed by atoms with Crippen molar-refractivity contribution in [2.24, 2.45) is 0 Å². The summed E-state index contributed by atoms with van der Waals surface area (Å²) in [6, 6.07) is 0. The minimum absolute atomic E-state index is 0.0897. The van der Waals surface area contributed by atoms with Crippen LogP contribution in [0.4, 0.5) is 0 Å². The number of unbranched alkanes of at least 4 members (excludes halogenated alkanes) is 30. The predicted molar refractivity (Wildman–Crippen MR) is 353 cm³/mol. The third-order valence-corrected chi connectivity index (χ3v) is 14.4. The van der Waals surface area contributed by atoms with Crippen LogP contribution in [0.25, 0.3) is 0 Å². The second-order valence-corrected chi connectivity index (χ2v) is 22.3. The standard InChI is InChI=1S/C75H126O6/c1-4-7-10-13-16-19-22-25-28-31-33-34-35-36-37-38-39-40-42-44-47-50-53-56-59-62-65-68-74(77)80-71-72(70-79-73(76)67-64-61-58-55-52-49-46-43-30-27-24-21-18-15-12-9-6-3)81-75(78)69-66-63-60-57-54-51-48-45-41-32-29-26-23-20-17-14-11-8-5-2/h8-9,11-12,17-18,20-22,25-27,29-31,33,35-36,41,45,72H,4-7,10,13-16,19,23-24,28,32,34,37-40,42-44,46-71H2,1-3H3/b11-8-,12-9-,20-17-,21-18-,25-22-,29-26-,30-27-,33-31-,36-35-,45-41-. The Morgan fingerprint density at radius 1 is 0.259 bits per heavy atom. The first-order valence-corrected chi connectivity index (χ1v) is 34.0. The molecule has 0 N–H and O–H groups in total. The van der Waals surface area contributed by atoms with Gasteiger partial charge in [0, 0.05) is 19.3 Å². The molecule has 81 heavy (non-hydrogen) atoms. The van der Waals surface area contributed by atoms with Gasteiger partial charge >= 0.3 is 17.9 Å². The highest BCUT2D eigenvalue weighted by molar-refractivity contribution is 5.71. The van der Waals surface area contributed by atoms with E-state index in [0.29, 0.717) is 19.3 Å². The van der Waals surface area contributed by atoms with E-state index >= 15 is 0 Å². The molecule has 1 unspecified atom stereocenters. The Bertz CT molecular complexity index is 1670. The summed E-state index contributed by atoms with van der Waals surface area (Å²) in [5.41, 5.74) is 0. The first-order valence-electron chi connectivity index (χ1n) is 34.0. The average Bonchev–Trinajstić information content (AvgIpc) is 3.47. The van der Waals surface area contributed by atoms with E-state index in [1.54, 1.807) is 0 Å². The number of hydrogen-bond donors (Lipinski definition) is 0. The van der Waals surface area contributed by atoms with Gasteiger partial charge in [-0.25, -0.2) is 0 Å². The molecule has 462 valence electrons. The summed E-state index contributed by atoms with van der Waals surface area (Å²) in [4.78, 5) is 38.4. The summed E-state index contributed by atoms with van der Waals surface area (Å²) in [6.45, 7) is 6.41. The third-order valence-electron chi connectivity index (χ3n) is 14.4. The molecule has 0 fully saturated rings. The SMILES string of the molecule is CC/C=C\C/C=C\C/C=C\C/C=C\CCCCCCCCC(=O)OC(COC(=O)CCCCCCCCC/C=C\C/C=C\C/C=C\CC)COC(=O)CCCCCCCCCCCCCC/C=C\C/C=C\C/C=C\CCCCCCC. The van der Waals surface area contributed by atoms with Crippen LogP contribution in [-0.2, 0) is 28.6 Å². The van der Waals surface area contributed by atoms with E-state index in [4.69, 9.17) is 14.2 Å². The molecule has 0 aliphatic heterocycles. The highest BCUT2D eigenvalue weighted by Gasteiger charge is 2.19. The molecule has 0 radical (unpaired) electrons. The maximum atomic E-state index is 12.9. The van der Waals surface area contributed by atoms with Crippen LogP contribution in [0.1, 0.15) is 316 Å². The minimum Gasteiger partial charge on any atom is -0.462 e. The monoisotopic (exact) mass is 1120 g/mol. The Labute approximate surface area is 501 Å². The van der Waals surface area contributed by atoms with Gasteiger partial charge < -0.3 is 14.2 Å². The lowest BCUT2D eigenvalue weighted by Gasteiger charge is -2.18. The Hall–Kier alpha value is -4.19. The van der Waals surface area contributed by atoms with Crippen LogP contribution >= 0.6 is 0 Å². The second-order valence-electron chi connectivity index (χ2n) is 22.3. The lowest BCUT2D eigenvalue weighted by molar-refractivity contribution is -0.167. The molecule has 0 amide bonds. The van der Waals surface area contributed by atoms with Gasteiger partial charge in [-0.3, -0.25) is 14.4 Å². The predicted octanol–water partition coefficient (Wildman–Crippen LogP) is 23.6. The average molecular weight is 1120 g/mol. The smallest absolute Gasteiger partial charge is 0.306 e. The molecule has 0 bridgehead atoms. The molecular weight excluding hydrogens is 997 g/mol. The van der Waals surface area contributed by atoms with Crippen molar-refractivity contribution < 1.29 is 28.6 Å². The normalized spacial score (nSPS) is 12.9. The van der Waals surface area contributed by atoms with Crippen LogP contribution in [-0.4, -0.2) is 37.2 Å². The number of carbonyl (C=O) groups is 3. The number of hydrogen-bond acceptors (Lipinski definition) is 6. The summed E-state index contributed by atoms with van der Waals surface area (Å²) in [5, 5.41) is 0. The number of esters is 3. The van der Waals surface area contributed by atoms with Gasteiger partial charge in [0.05, 0.1) is 0 Å². The van der Waals surface area contributed by atoms with Crippen LogP contribution in [0.5, 0.6) is 0 Å². The van der Waals surface area contributed by atoms with Crippen LogP contribution in [0, 0.1) is 0 Å². The van der Waals surface area contributed by atoms with E-state index in [9.17, 15) is 14.4 Å². The molecule has 0 saturated heterocycles. The third kappa shape index (κ3) is 66.5. The van der Waals surface area contributed by atoms with Crippen molar-refractivity contribution in [1.29, 1.82) is 0 Å². The number of carbonyl (C=O) groups excluding carboxylic acids is 3. The Kier molecular flexibility index (Phi) is 64.8. The fourth-order valence-electron chi connectivity index (χ4n) is 9.40. The minimum atomic E-state index is -0.796. The zero-order valence-corrected chi connectivity index (χ0v) is 53.0. The molecule has 0 aromatic heterocycles. The number of ether oxygens (including phenoxy) is 3. The Balaban J connectivity index is 4.37. The highest BCUT2D eigenvalue weighted by Crippen LogP contribution is 2.16. The van der Waals surface area contributed by atoms with Crippen molar-refractivity contribution in [1.82, 2.24) is 0 Å². The summed E-state index contributed by atoms with van der Waals surface area (Å²) in [5.74, 6) is -0.907. The van der Waals surface area contributed by atoms with Crippen molar-refractivity contribution in [3.63, 3.8) is 0 Å². The van der Waals surface area contributed by atoms with Crippen LogP contribution in [0.15, 0.2) is 122 Å². The Morgan fingerprint density at radius 2 is 0.481 bits per heavy atom. The highest BCUT2D eigenvalue weighted by atomic mass is 16.6. The number of rotatable bonds is 61. The van der Waals surface area contributed by atoms with Gasteiger partial charge in [0.25, 0.3) is 0 Å². The first-order chi connectivity index (χ1) is 40.0. The first kappa shape index (κ1) is 76.8. The van der Waals surface area contributed by atoms with Gasteiger partial charge in [-0.15, -0.1) is 0 Å². The molecule has 6 heteroatoms. The van der Waals surface area contributed by atoms with Gasteiger partial charge in [-0.05, 0) is 128 Å². The van der Waals surface area contributed by atoms with Crippen molar-refractivity contribution in [2.45, 2.75) is 322 Å².